The molecule has 25 heavy (non-hydrogen) atoms. The van der Waals surface area contributed by atoms with Gasteiger partial charge in [-0.3, -0.25) is 9.69 Å². The highest BCUT2D eigenvalue weighted by molar-refractivity contribution is 5.99. The van der Waals surface area contributed by atoms with Crippen molar-refractivity contribution >= 4 is 11.6 Å². The molecule has 1 amide bonds. The number of benzene rings is 2. The zero-order chi connectivity index (χ0) is 17.2. The first-order valence-corrected chi connectivity index (χ1v) is 8.85. The molecule has 1 saturated heterocycles. The maximum absolute atomic E-state index is 11.5. The lowest BCUT2D eigenvalue weighted by Crippen LogP contribution is -2.32. The first-order chi connectivity index (χ1) is 12.2. The predicted octanol–water partition coefficient (Wildman–Crippen LogP) is 3.43. The Balaban J connectivity index is 1.36. The molecular weight excluding hydrogens is 310 g/mol. The number of nitrogens with zero attached hydrogens (tertiary/aromatic N) is 2. The lowest BCUT2D eigenvalue weighted by Gasteiger charge is -2.32. The topological polar surface area (TPSA) is 56.1 Å². The second kappa shape index (κ2) is 6.70. The maximum Gasteiger partial charge on any atom is 0.228 e. The molecule has 4 rings (SSSR count). The largest absolute Gasteiger partial charge is 0.326 e. The van der Waals surface area contributed by atoms with Gasteiger partial charge in [-0.25, -0.2) is 0 Å². The Morgan fingerprint density at radius 2 is 1.88 bits per heavy atom. The monoisotopic (exact) mass is 331 g/mol. The molecular formula is C21H21N3O. The Morgan fingerprint density at radius 3 is 2.60 bits per heavy atom. The molecule has 2 heterocycles. The number of nitrogens with one attached hydrogen (secondary N) is 1. The number of amides is 1. The van der Waals surface area contributed by atoms with Crippen LogP contribution in [0.5, 0.6) is 0 Å². The minimum Gasteiger partial charge on any atom is -0.326 e. The van der Waals surface area contributed by atoms with E-state index in [9.17, 15) is 4.79 Å². The van der Waals surface area contributed by atoms with Gasteiger partial charge >= 0.3 is 0 Å². The Morgan fingerprint density at radius 1 is 1.12 bits per heavy atom. The maximum atomic E-state index is 11.5. The number of hydrogen-bond acceptors (Lipinski definition) is 3. The molecule has 0 radical (unpaired) electrons. The Hall–Kier alpha value is -2.64. The molecule has 0 unspecified atom stereocenters. The molecule has 0 bridgehead atoms. The van der Waals surface area contributed by atoms with Crippen LogP contribution in [0.4, 0.5) is 5.69 Å². The third-order valence-electron chi connectivity index (χ3n) is 5.30. The number of carbonyl (C=O) groups excluding carboxylic acids is 1. The molecule has 0 atom stereocenters. The third-order valence-corrected chi connectivity index (χ3v) is 5.30. The number of likely N-dealkylation sites (tertiary alicyclic amines) is 1. The van der Waals surface area contributed by atoms with Gasteiger partial charge in [-0.2, -0.15) is 5.26 Å². The third kappa shape index (κ3) is 3.42. The summed E-state index contributed by atoms with van der Waals surface area (Å²) in [6.45, 7) is 3.11. The summed E-state index contributed by atoms with van der Waals surface area (Å²) in [5.41, 5.74) is 5.47. The average molecular weight is 331 g/mol. The Labute approximate surface area is 148 Å². The number of carbonyl (C=O) groups is 1. The molecule has 0 aromatic heterocycles. The lowest BCUT2D eigenvalue weighted by atomic mass is 9.88. The van der Waals surface area contributed by atoms with Crippen LogP contribution in [0.15, 0.2) is 42.5 Å². The van der Waals surface area contributed by atoms with Gasteiger partial charge in [-0.15, -0.1) is 0 Å². The first kappa shape index (κ1) is 15.9. The smallest absolute Gasteiger partial charge is 0.228 e. The van der Waals surface area contributed by atoms with Gasteiger partial charge in [0.2, 0.25) is 5.91 Å². The van der Waals surface area contributed by atoms with Crippen molar-refractivity contribution in [2.24, 2.45) is 0 Å². The van der Waals surface area contributed by atoms with Crippen LogP contribution in [0.2, 0.25) is 0 Å². The molecule has 0 saturated carbocycles. The minimum absolute atomic E-state index is 0.101. The van der Waals surface area contributed by atoms with Crippen molar-refractivity contribution in [3.05, 3.63) is 64.7 Å². The van der Waals surface area contributed by atoms with E-state index < -0.39 is 0 Å². The SMILES string of the molecule is N#Cc1ccc(CN2CCC(c3ccc4c(c3)CC(=O)N4)CC2)cc1. The average Bonchev–Trinajstić information content (AvgIpc) is 3.02. The molecule has 2 aromatic carbocycles. The number of rotatable bonds is 3. The molecule has 126 valence electrons. The fourth-order valence-electron chi connectivity index (χ4n) is 3.87. The van der Waals surface area contributed by atoms with Crippen molar-refractivity contribution in [1.29, 1.82) is 5.26 Å². The van der Waals surface area contributed by atoms with Gasteiger partial charge in [-0.1, -0.05) is 24.3 Å². The van der Waals surface area contributed by atoms with Gasteiger partial charge in [-0.05, 0) is 66.7 Å². The van der Waals surface area contributed by atoms with E-state index in [4.69, 9.17) is 5.26 Å². The highest BCUT2D eigenvalue weighted by Gasteiger charge is 2.23. The van der Waals surface area contributed by atoms with E-state index in [1.165, 1.54) is 11.1 Å². The summed E-state index contributed by atoms with van der Waals surface area (Å²) in [6, 6.07) is 16.5. The minimum atomic E-state index is 0.101. The van der Waals surface area contributed by atoms with E-state index in [0.717, 1.165) is 43.7 Å². The highest BCUT2D eigenvalue weighted by atomic mass is 16.1. The standard InChI is InChI=1S/C21H21N3O/c22-13-15-1-3-16(4-2-15)14-24-9-7-17(8-10-24)18-5-6-20-19(11-18)12-21(25)23-20/h1-6,11,17H,7-10,12,14H2,(H,23,25). The summed E-state index contributed by atoms with van der Waals surface area (Å²) in [7, 11) is 0. The number of anilines is 1. The summed E-state index contributed by atoms with van der Waals surface area (Å²) in [5.74, 6) is 0.683. The van der Waals surface area contributed by atoms with Crippen LogP contribution in [0.1, 0.15) is 41.0 Å². The number of piperidine rings is 1. The van der Waals surface area contributed by atoms with Crippen LogP contribution in [0, 0.1) is 11.3 Å². The van der Waals surface area contributed by atoms with Gasteiger partial charge in [0.1, 0.15) is 0 Å². The summed E-state index contributed by atoms with van der Waals surface area (Å²) >= 11 is 0. The van der Waals surface area contributed by atoms with Crippen LogP contribution in [-0.4, -0.2) is 23.9 Å². The van der Waals surface area contributed by atoms with Crippen LogP contribution >= 0.6 is 0 Å². The fourth-order valence-corrected chi connectivity index (χ4v) is 3.87. The summed E-state index contributed by atoms with van der Waals surface area (Å²) in [5, 5.41) is 11.8. The van der Waals surface area contributed by atoms with Crippen molar-refractivity contribution in [2.75, 3.05) is 18.4 Å². The molecule has 4 heteroatoms. The summed E-state index contributed by atoms with van der Waals surface area (Å²) in [4.78, 5) is 14.0. The second-order valence-corrected chi connectivity index (χ2v) is 7.00. The van der Waals surface area contributed by atoms with E-state index in [1.54, 1.807) is 0 Å². The Bertz CT molecular complexity index is 827. The molecule has 0 spiro atoms. The van der Waals surface area contributed by atoms with Crippen LogP contribution in [0.3, 0.4) is 0 Å². The number of hydrogen-bond donors (Lipinski definition) is 1. The van der Waals surface area contributed by atoms with Crippen LogP contribution in [-0.2, 0) is 17.8 Å². The Kier molecular flexibility index (Phi) is 4.25. The molecule has 0 aliphatic carbocycles. The van der Waals surface area contributed by atoms with Gasteiger partial charge < -0.3 is 5.32 Å². The molecule has 2 aliphatic rings. The molecule has 4 nitrogen and oxygen atoms in total. The van der Waals surface area contributed by atoms with Crippen molar-refractivity contribution in [3.63, 3.8) is 0 Å². The molecule has 2 aromatic rings. The van der Waals surface area contributed by atoms with Gasteiger partial charge in [0, 0.05) is 12.2 Å². The van der Waals surface area contributed by atoms with Gasteiger partial charge in [0.25, 0.3) is 0 Å². The first-order valence-electron chi connectivity index (χ1n) is 8.85. The second-order valence-electron chi connectivity index (χ2n) is 7.00. The molecule has 2 aliphatic heterocycles. The zero-order valence-electron chi connectivity index (χ0n) is 14.2. The fraction of sp³-hybridized carbons (Fsp3) is 0.333. The normalized spacial score (nSPS) is 17.8. The quantitative estimate of drug-likeness (QED) is 0.937. The van der Waals surface area contributed by atoms with E-state index in [2.05, 4.69) is 46.6 Å². The summed E-state index contributed by atoms with van der Waals surface area (Å²) < 4.78 is 0. The molecule has 1 N–H and O–H groups in total. The van der Waals surface area contributed by atoms with E-state index >= 15 is 0 Å². The molecule has 1 fully saturated rings. The van der Waals surface area contributed by atoms with Crippen molar-refractivity contribution in [2.45, 2.75) is 31.7 Å². The lowest BCUT2D eigenvalue weighted by molar-refractivity contribution is -0.115. The highest BCUT2D eigenvalue weighted by Crippen LogP contribution is 2.32. The summed E-state index contributed by atoms with van der Waals surface area (Å²) in [6.07, 6.45) is 2.81. The van der Waals surface area contributed by atoms with Crippen LogP contribution < -0.4 is 5.32 Å². The van der Waals surface area contributed by atoms with Crippen molar-refractivity contribution in [1.82, 2.24) is 4.90 Å². The predicted molar refractivity (Wildman–Crippen MR) is 97.2 cm³/mol. The van der Waals surface area contributed by atoms with Gasteiger partial charge in [0.15, 0.2) is 0 Å². The van der Waals surface area contributed by atoms with E-state index in [0.29, 0.717) is 17.9 Å². The van der Waals surface area contributed by atoms with Crippen molar-refractivity contribution in [3.8, 4) is 6.07 Å². The zero-order valence-corrected chi connectivity index (χ0v) is 14.2. The number of nitriles is 1. The van der Waals surface area contributed by atoms with E-state index in [-0.39, 0.29) is 5.91 Å². The van der Waals surface area contributed by atoms with Crippen molar-refractivity contribution < 1.29 is 4.79 Å². The number of fused-ring (bicyclic) bond motifs is 1. The van der Waals surface area contributed by atoms with Crippen LogP contribution in [0.25, 0.3) is 0 Å². The van der Waals surface area contributed by atoms with Gasteiger partial charge in [0.05, 0.1) is 18.1 Å². The van der Waals surface area contributed by atoms with E-state index in [1.807, 2.05) is 12.1 Å².